The van der Waals surface area contributed by atoms with Crippen molar-refractivity contribution in [1.82, 2.24) is 0 Å². The Morgan fingerprint density at radius 3 is 2.50 bits per heavy atom. The summed E-state index contributed by atoms with van der Waals surface area (Å²) < 4.78 is 37.7. The number of benzene rings is 1. The molecule has 2 rings (SSSR count). The van der Waals surface area contributed by atoms with Gasteiger partial charge in [-0.2, -0.15) is 13.2 Å². The molecule has 0 radical (unpaired) electrons. The molecule has 1 aliphatic rings. The lowest BCUT2D eigenvalue weighted by Crippen LogP contribution is -2.16. The van der Waals surface area contributed by atoms with Gasteiger partial charge >= 0.3 is 6.18 Å². The summed E-state index contributed by atoms with van der Waals surface area (Å²) >= 11 is 0. The van der Waals surface area contributed by atoms with Gasteiger partial charge in [-0.1, -0.05) is 19.3 Å². The molecule has 0 amide bonds. The zero-order chi connectivity index (χ0) is 13.3. The van der Waals surface area contributed by atoms with Crippen LogP contribution >= 0.6 is 0 Å². The number of rotatable bonds is 3. The van der Waals surface area contributed by atoms with Crippen LogP contribution < -0.4 is 5.73 Å². The van der Waals surface area contributed by atoms with Crippen LogP contribution in [0, 0.1) is 5.92 Å². The highest BCUT2D eigenvalue weighted by Gasteiger charge is 2.32. The quantitative estimate of drug-likeness (QED) is 0.816. The maximum Gasteiger partial charge on any atom is 0.416 e. The van der Waals surface area contributed by atoms with Crippen molar-refractivity contribution in [3.63, 3.8) is 0 Å². The highest BCUT2D eigenvalue weighted by atomic mass is 19.4. The average molecular weight is 259 g/mol. The molecule has 0 bridgehead atoms. The van der Waals surface area contributed by atoms with Crippen molar-refractivity contribution >= 4 is 5.69 Å². The van der Waals surface area contributed by atoms with Gasteiger partial charge < -0.3 is 10.8 Å². The number of nitrogens with two attached hydrogens (primary N) is 1. The zero-order valence-electron chi connectivity index (χ0n) is 9.87. The Labute approximate surface area is 104 Å². The normalized spacial score (nSPS) is 18.4. The Balaban J connectivity index is 2.19. The minimum absolute atomic E-state index is 0.191. The standard InChI is InChI=1S/C13H16F3NO/c14-13(15,16)9-4-5-11(17)10(7-9)12(18)6-8-2-1-3-8/h4-5,7-8,12,18H,1-3,6,17H2. The zero-order valence-corrected chi connectivity index (χ0v) is 9.87. The van der Waals surface area contributed by atoms with E-state index in [1.165, 1.54) is 6.07 Å². The van der Waals surface area contributed by atoms with Gasteiger partial charge in [-0.25, -0.2) is 0 Å². The Bertz CT molecular complexity index is 427. The van der Waals surface area contributed by atoms with E-state index >= 15 is 0 Å². The molecule has 1 aromatic carbocycles. The maximum absolute atomic E-state index is 12.6. The van der Waals surface area contributed by atoms with Gasteiger partial charge in [-0.05, 0) is 30.5 Å². The second-order valence-corrected chi connectivity index (χ2v) is 4.89. The molecular formula is C13H16F3NO. The van der Waals surface area contributed by atoms with Crippen LogP contribution in [0.1, 0.15) is 42.9 Å². The third kappa shape index (κ3) is 2.77. The number of anilines is 1. The number of alkyl halides is 3. The van der Waals surface area contributed by atoms with Gasteiger partial charge in [0.2, 0.25) is 0 Å². The van der Waals surface area contributed by atoms with Crippen LogP contribution in [0.15, 0.2) is 18.2 Å². The molecule has 2 nitrogen and oxygen atoms in total. The third-order valence-electron chi connectivity index (χ3n) is 3.55. The SMILES string of the molecule is Nc1ccc(C(F)(F)F)cc1C(O)CC1CCC1. The van der Waals surface area contributed by atoms with E-state index in [1.807, 2.05) is 0 Å². The third-order valence-corrected chi connectivity index (χ3v) is 3.55. The van der Waals surface area contributed by atoms with Crippen LogP contribution in [0.25, 0.3) is 0 Å². The minimum atomic E-state index is -4.40. The summed E-state index contributed by atoms with van der Waals surface area (Å²) in [6.07, 6.45) is -1.61. The second kappa shape index (κ2) is 4.80. The molecule has 1 saturated carbocycles. The first-order chi connectivity index (χ1) is 8.38. The van der Waals surface area contributed by atoms with Gasteiger partial charge in [0.25, 0.3) is 0 Å². The van der Waals surface area contributed by atoms with Crippen LogP contribution in [0.5, 0.6) is 0 Å². The van der Waals surface area contributed by atoms with Gasteiger partial charge in [0.05, 0.1) is 11.7 Å². The highest BCUT2D eigenvalue weighted by Crippen LogP contribution is 2.38. The Hall–Kier alpha value is -1.23. The van der Waals surface area contributed by atoms with Crippen molar-refractivity contribution in [2.75, 3.05) is 5.73 Å². The van der Waals surface area contributed by atoms with Crippen molar-refractivity contribution in [3.8, 4) is 0 Å². The molecule has 1 fully saturated rings. The minimum Gasteiger partial charge on any atom is -0.398 e. The molecule has 3 N–H and O–H groups in total. The lowest BCUT2D eigenvalue weighted by molar-refractivity contribution is -0.137. The average Bonchev–Trinajstić information content (AvgIpc) is 2.22. The first-order valence-electron chi connectivity index (χ1n) is 6.02. The van der Waals surface area contributed by atoms with E-state index in [9.17, 15) is 18.3 Å². The van der Waals surface area contributed by atoms with Crippen LogP contribution in [0.3, 0.4) is 0 Å². The summed E-state index contributed by atoms with van der Waals surface area (Å²) in [6.45, 7) is 0. The van der Waals surface area contributed by atoms with Gasteiger partial charge in [0.15, 0.2) is 0 Å². The molecule has 1 aromatic rings. The molecule has 0 aromatic heterocycles. The Kier molecular flexibility index (Phi) is 3.52. The number of hydrogen-bond donors (Lipinski definition) is 2. The lowest BCUT2D eigenvalue weighted by Gasteiger charge is -2.28. The van der Waals surface area contributed by atoms with Gasteiger partial charge in [-0.3, -0.25) is 0 Å². The number of aliphatic hydroxyl groups excluding tert-OH is 1. The highest BCUT2D eigenvalue weighted by molar-refractivity contribution is 5.50. The molecular weight excluding hydrogens is 243 g/mol. The van der Waals surface area contributed by atoms with Crippen LogP contribution in [0.4, 0.5) is 18.9 Å². The van der Waals surface area contributed by atoms with E-state index in [1.54, 1.807) is 0 Å². The molecule has 1 atom stereocenters. The molecule has 0 spiro atoms. The molecule has 5 heteroatoms. The molecule has 0 saturated heterocycles. The molecule has 100 valence electrons. The summed E-state index contributed by atoms with van der Waals surface area (Å²) in [6, 6.07) is 3.11. The van der Waals surface area contributed by atoms with Gasteiger partial charge in [0.1, 0.15) is 0 Å². The van der Waals surface area contributed by atoms with Crippen molar-refractivity contribution in [2.45, 2.75) is 38.0 Å². The van der Waals surface area contributed by atoms with E-state index in [-0.39, 0.29) is 11.3 Å². The molecule has 0 aliphatic heterocycles. The van der Waals surface area contributed by atoms with Gasteiger partial charge in [0, 0.05) is 11.3 Å². The Morgan fingerprint density at radius 2 is 2.00 bits per heavy atom. The second-order valence-electron chi connectivity index (χ2n) is 4.89. The van der Waals surface area contributed by atoms with Crippen molar-refractivity contribution < 1.29 is 18.3 Å². The van der Waals surface area contributed by atoms with Gasteiger partial charge in [-0.15, -0.1) is 0 Å². The number of nitrogen functional groups attached to an aromatic ring is 1. The van der Waals surface area contributed by atoms with Crippen LogP contribution in [-0.4, -0.2) is 5.11 Å². The molecule has 1 aliphatic carbocycles. The van der Waals surface area contributed by atoms with Crippen LogP contribution in [-0.2, 0) is 6.18 Å². The van der Waals surface area contributed by atoms with E-state index in [0.717, 1.165) is 31.4 Å². The molecule has 1 unspecified atom stereocenters. The molecule has 18 heavy (non-hydrogen) atoms. The predicted molar refractivity (Wildman–Crippen MR) is 62.8 cm³/mol. The largest absolute Gasteiger partial charge is 0.416 e. The van der Waals surface area contributed by atoms with Crippen molar-refractivity contribution in [2.24, 2.45) is 5.92 Å². The fraction of sp³-hybridized carbons (Fsp3) is 0.538. The van der Waals surface area contributed by atoms with Crippen molar-refractivity contribution in [3.05, 3.63) is 29.3 Å². The summed E-state index contributed by atoms with van der Waals surface area (Å²) in [5, 5.41) is 9.98. The smallest absolute Gasteiger partial charge is 0.398 e. The monoisotopic (exact) mass is 259 g/mol. The van der Waals surface area contributed by atoms with Crippen LogP contribution in [0.2, 0.25) is 0 Å². The number of hydrogen-bond acceptors (Lipinski definition) is 2. The topological polar surface area (TPSA) is 46.2 Å². The Morgan fingerprint density at radius 1 is 1.33 bits per heavy atom. The summed E-state index contributed by atoms with van der Waals surface area (Å²) in [4.78, 5) is 0. The van der Waals surface area contributed by atoms with E-state index < -0.39 is 17.8 Å². The summed E-state index contributed by atoms with van der Waals surface area (Å²) in [5.41, 5.74) is 5.29. The summed E-state index contributed by atoms with van der Waals surface area (Å²) in [7, 11) is 0. The summed E-state index contributed by atoms with van der Waals surface area (Å²) in [5.74, 6) is 0.411. The predicted octanol–water partition coefficient (Wildman–Crippen LogP) is 3.51. The van der Waals surface area contributed by atoms with E-state index in [0.29, 0.717) is 12.3 Å². The van der Waals surface area contributed by atoms with Crippen molar-refractivity contribution in [1.29, 1.82) is 0 Å². The first-order valence-corrected chi connectivity index (χ1v) is 6.02. The number of aliphatic hydroxyl groups is 1. The molecule has 0 heterocycles. The van der Waals surface area contributed by atoms with E-state index in [4.69, 9.17) is 5.73 Å². The maximum atomic E-state index is 12.6. The fourth-order valence-corrected chi connectivity index (χ4v) is 2.21. The number of halogens is 3. The fourth-order valence-electron chi connectivity index (χ4n) is 2.21. The lowest BCUT2D eigenvalue weighted by atomic mass is 9.80. The van der Waals surface area contributed by atoms with E-state index in [2.05, 4.69) is 0 Å². The first kappa shape index (κ1) is 13.2.